The van der Waals surface area contributed by atoms with Gasteiger partial charge in [0, 0.05) is 19.6 Å². The number of methoxy groups -OCH3 is 1. The van der Waals surface area contributed by atoms with E-state index in [1.165, 1.54) is 12.0 Å². The molecule has 7 heteroatoms. The van der Waals surface area contributed by atoms with Gasteiger partial charge in [-0.2, -0.15) is 0 Å². The fourth-order valence-corrected chi connectivity index (χ4v) is 3.20. The maximum atomic E-state index is 12.7. The highest BCUT2D eigenvalue weighted by molar-refractivity contribution is 5.87. The largest absolute Gasteiger partial charge is 0.466 e. The molecule has 2 rings (SSSR count). The number of hydrogen-bond acceptors (Lipinski definition) is 5. The number of carbonyl (C=O) groups excluding carboxylic acids is 3. The fraction of sp³-hybridized carbons (Fsp3) is 0.800. The third-order valence-electron chi connectivity index (χ3n) is 4.30. The van der Waals surface area contributed by atoms with E-state index in [0.717, 1.165) is 19.3 Å². The first-order valence-electron chi connectivity index (χ1n) is 7.88. The lowest BCUT2D eigenvalue weighted by Gasteiger charge is -2.35. The lowest BCUT2D eigenvalue weighted by molar-refractivity contribution is -0.152. The van der Waals surface area contributed by atoms with Crippen LogP contribution in [0, 0.1) is 5.92 Å². The minimum atomic E-state index is -0.464. The maximum absolute atomic E-state index is 12.7. The Balaban J connectivity index is 1.99. The summed E-state index contributed by atoms with van der Waals surface area (Å²) in [5.41, 5.74) is 0. The summed E-state index contributed by atoms with van der Waals surface area (Å²) in [5.74, 6) is -0.584. The van der Waals surface area contributed by atoms with Crippen LogP contribution in [0.2, 0.25) is 0 Å². The monoisotopic (exact) mass is 312 g/mol. The highest BCUT2D eigenvalue weighted by Gasteiger charge is 2.39. The van der Waals surface area contributed by atoms with E-state index in [1.54, 1.807) is 11.8 Å². The molecule has 0 aliphatic carbocycles. The molecule has 0 aromatic carbocycles. The van der Waals surface area contributed by atoms with E-state index in [0.29, 0.717) is 32.7 Å². The van der Waals surface area contributed by atoms with E-state index in [4.69, 9.17) is 9.47 Å². The molecule has 2 amide bonds. The molecule has 0 aromatic rings. The lowest BCUT2D eigenvalue weighted by atomic mass is 9.97. The predicted molar refractivity (Wildman–Crippen MR) is 78.1 cm³/mol. The van der Waals surface area contributed by atoms with Gasteiger partial charge in [0.05, 0.1) is 19.6 Å². The van der Waals surface area contributed by atoms with Crippen LogP contribution in [-0.2, 0) is 19.1 Å². The smallest absolute Gasteiger partial charge is 0.410 e. The van der Waals surface area contributed by atoms with Crippen LogP contribution in [0.1, 0.15) is 32.6 Å². The fourth-order valence-electron chi connectivity index (χ4n) is 3.20. The van der Waals surface area contributed by atoms with E-state index in [1.807, 2.05) is 0 Å². The highest BCUT2D eigenvalue weighted by atomic mass is 16.5. The van der Waals surface area contributed by atoms with Gasteiger partial charge >= 0.3 is 12.1 Å². The highest BCUT2D eigenvalue weighted by Crippen LogP contribution is 2.24. The van der Waals surface area contributed by atoms with Crippen LogP contribution >= 0.6 is 0 Å². The van der Waals surface area contributed by atoms with Crippen LogP contribution in [0.5, 0.6) is 0 Å². The minimum Gasteiger partial charge on any atom is -0.466 e. The quantitative estimate of drug-likeness (QED) is 0.727. The molecule has 0 radical (unpaired) electrons. The Morgan fingerprint density at radius 3 is 2.55 bits per heavy atom. The molecule has 7 nitrogen and oxygen atoms in total. The Morgan fingerprint density at radius 2 is 1.86 bits per heavy atom. The van der Waals surface area contributed by atoms with Gasteiger partial charge in [0.15, 0.2) is 0 Å². The number of likely N-dealkylation sites (tertiary alicyclic amines) is 2. The van der Waals surface area contributed by atoms with Crippen molar-refractivity contribution in [1.82, 2.24) is 9.80 Å². The summed E-state index contributed by atoms with van der Waals surface area (Å²) >= 11 is 0. The van der Waals surface area contributed by atoms with Crippen molar-refractivity contribution in [3.63, 3.8) is 0 Å². The molecule has 2 heterocycles. The van der Waals surface area contributed by atoms with Crippen LogP contribution < -0.4 is 0 Å². The van der Waals surface area contributed by atoms with Crippen LogP contribution in [-0.4, -0.2) is 67.2 Å². The molecule has 0 saturated carbocycles. The number of piperidine rings is 1. The number of ether oxygens (including phenoxy) is 2. The van der Waals surface area contributed by atoms with Crippen LogP contribution in [0.15, 0.2) is 0 Å². The molecule has 0 bridgehead atoms. The Hall–Kier alpha value is -1.79. The van der Waals surface area contributed by atoms with Gasteiger partial charge in [-0.25, -0.2) is 4.79 Å². The summed E-state index contributed by atoms with van der Waals surface area (Å²) in [7, 11) is 1.32. The van der Waals surface area contributed by atoms with Gasteiger partial charge in [-0.3, -0.25) is 14.5 Å². The molecule has 0 aromatic heterocycles. The molecule has 0 spiro atoms. The number of rotatable bonds is 3. The van der Waals surface area contributed by atoms with E-state index in [2.05, 4.69) is 0 Å². The van der Waals surface area contributed by atoms with E-state index < -0.39 is 12.1 Å². The molecule has 2 saturated heterocycles. The molecule has 2 fully saturated rings. The zero-order valence-corrected chi connectivity index (χ0v) is 13.2. The number of carbonyl (C=O) groups is 3. The zero-order chi connectivity index (χ0) is 16.1. The van der Waals surface area contributed by atoms with Crippen molar-refractivity contribution in [2.75, 3.05) is 33.4 Å². The van der Waals surface area contributed by atoms with Crippen LogP contribution in [0.3, 0.4) is 0 Å². The third-order valence-corrected chi connectivity index (χ3v) is 4.30. The lowest BCUT2D eigenvalue weighted by Crippen LogP contribution is -2.51. The second kappa shape index (κ2) is 7.47. The van der Waals surface area contributed by atoms with E-state index >= 15 is 0 Å². The Labute approximate surface area is 130 Å². The van der Waals surface area contributed by atoms with Crippen molar-refractivity contribution < 1.29 is 23.9 Å². The summed E-state index contributed by atoms with van der Waals surface area (Å²) in [4.78, 5) is 39.4. The Morgan fingerprint density at radius 1 is 1.14 bits per heavy atom. The van der Waals surface area contributed by atoms with Crippen molar-refractivity contribution in [1.29, 1.82) is 0 Å². The van der Waals surface area contributed by atoms with Crippen molar-refractivity contribution in [2.45, 2.75) is 38.6 Å². The summed E-state index contributed by atoms with van der Waals surface area (Å²) < 4.78 is 9.79. The van der Waals surface area contributed by atoms with Crippen LogP contribution in [0.25, 0.3) is 0 Å². The van der Waals surface area contributed by atoms with Crippen LogP contribution in [0.4, 0.5) is 4.79 Å². The molecule has 22 heavy (non-hydrogen) atoms. The van der Waals surface area contributed by atoms with Gasteiger partial charge in [0.1, 0.15) is 6.04 Å². The van der Waals surface area contributed by atoms with Crippen molar-refractivity contribution in [3.8, 4) is 0 Å². The van der Waals surface area contributed by atoms with Gasteiger partial charge in [0.2, 0.25) is 5.91 Å². The maximum Gasteiger partial charge on any atom is 0.410 e. The standard InChI is InChI=1S/C15H24N2O5/c1-3-22-14(19)11-6-4-8-16(10-11)13(18)12-7-5-9-17(12)15(20)21-2/h11-12H,3-10H2,1-2H3. The number of nitrogens with zero attached hydrogens (tertiary/aromatic N) is 2. The first-order chi connectivity index (χ1) is 10.6. The molecule has 2 unspecified atom stereocenters. The first-order valence-corrected chi connectivity index (χ1v) is 7.88. The second-order valence-corrected chi connectivity index (χ2v) is 5.70. The molecule has 2 aliphatic heterocycles. The van der Waals surface area contributed by atoms with Crippen molar-refractivity contribution >= 4 is 18.0 Å². The molecule has 2 atom stereocenters. The summed E-state index contributed by atoms with van der Waals surface area (Å²) in [6.45, 7) is 3.67. The van der Waals surface area contributed by atoms with Gasteiger partial charge in [-0.05, 0) is 32.6 Å². The first kappa shape index (κ1) is 16.6. The molecule has 2 aliphatic rings. The number of hydrogen-bond donors (Lipinski definition) is 0. The van der Waals surface area contributed by atoms with Gasteiger partial charge in [-0.15, -0.1) is 0 Å². The average molecular weight is 312 g/mol. The summed E-state index contributed by atoms with van der Waals surface area (Å²) in [5, 5.41) is 0. The zero-order valence-electron chi connectivity index (χ0n) is 13.2. The van der Waals surface area contributed by atoms with Crippen molar-refractivity contribution in [2.24, 2.45) is 5.92 Å². The Kier molecular flexibility index (Phi) is 5.63. The number of esters is 1. The molecule has 0 N–H and O–H groups in total. The SMILES string of the molecule is CCOC(=O)C1CCCN(C(=O)C2CCCN2C(=O)OC)C1. The molecular formula is C15H24N2O5. The topological polar surface area (TPSA) is 76.2 Å². The summed E-state index contributed by atoms with van der Waals surface area (Å²) in [6, 6.07) is -0.464. The van der Waals surface area contributed by atoms with E-state index in [9.17, 15) is 14.4 Å². The minimum absolute atomic E-state index is 0.0862. The third kappa shape index (κ3) is 3.51. The number of amides is 2. The average Bonchev–Trinajstić information content (AvgIpc) is 3.03. The van der Waals surface area contributed by atoms with Gasteiger partial charge in [-0.1, -0.05) is 0 Å². The normalized spacial score (nSPS) is 25.0. The van der Waals surface area contributed by atoms with E-state index in [-0.39, 0.29) is 17.8 Å². The van der Waals surface area contributed by atoms with Gasteiger partial charge < -0.3 is 14.4 Å². The predicted octanol–water partition coefficient (Wildman–Crippen LogP) is 1.02. The molecule has 124 valence electrons. The Bertz CT molecular complexity index is 440. The van der Waals surface area contributed by atoms with Gasteiger partial charge in [0.25, 0.3) is 0 Å². The summed E-state index contributed by atoms with van der Waals surface area (Å²) in [6.07, 6.45) is 2.50. The molecular weight excluding hydrogens is 288 g/mol. The second-order valence-electron chi connectivity index (χ2n) is 5.70. The van der Waals surface area contributed by atoms with Crippen molar-refractivity contribution in [3.05, 3.63) is 0 Å².